The molecule has 136 valence electrons. The Kier molecular flexibility index (Phi) is 5.03. The lowest BCUT2D eigenvalue weighted by molar-refractivity contribution is -0.146. The third-order valence-corrected chi connectivity index (χ3v) is 5.20. The van der Waals surface area contributed by atoms with Crippen LogP contribution in [0.2, 0.25) is 0 Å². The molecule has 25 heavy (non-hydrogen) atoms. The summed E-state index contributed by atoms with van der Waals surface area (Å²) in [6.45, 7) is 2.52. The molecular formula is C18H22F2N2O3. The molecule has 5 nitrogen and oxygen atoms in total. The van der Waals surface area contributed by atoms with Crippen LogP contribution < -0.4 is 0 Å². The van der Waals surface area contributed by atoms with E-state index in [-0.39, 0.29) is 17.4 Å². The van der Waals surface area contributed by atoms with Gasteiger partial charge in [-0.2, -0.15) is 0 Å². The highest BCUT2D eigenvalue weighted by Gasteiger charge is 2.49. The summed E-state index contributed by atoms with van der Waals surface area (Å²) in [5.74, 6) is -2.32. The molecule has 1 atom stereocenters. The Labute approximate surface area is 145 Å². The largest absolute Gasteiger partial charge is 0.383 e. The van der Waals surface area contributed by atoms with Gasteiger partial charge in [-0.3, -0.25) is 9.59 Å². The van der Waals surface area contributed by atoms with Gasteiger partial charge >= 0.3 is 0 Å². The molecule has 2 saturated heterocycles. The van der Waals surface area contributed by atoms with Crippen LogP contribution in [0, 0.1) is 17.0 Å². The highest BCUT2D eigenvalue weighted by molar-refractivity contribution is 5.95. The molecule has 0 aliphatic carbocycles. The smallest absolute Gasteiger partial charge is 0.253 e. The number of hydrogen-bond acceptors (Lipinski definition) is 3. The number of amides is 2. The summed E-state index contributed by atoms with van der Waals surface area (Å²) < 4.78 is 31.5. The number of ether oxygens (including phenoxy) is 1. The van der Waals surface area contributed by atoms with Crippen molar-refractivity contribution in [3.05, 3.63) is 35.4 Å². The molecule has 0 aromatic heterocycles. The zero-order chi connectivity index (χ0) is 18.0. The van der Waals surface area contributed by atoms with Crippen LogP contribution in [0.5, 0.6) is 0 Å². The maximum absolute atomic E-state index is 13.4. The molecule has 0 N–H and O–H groups in total. The first kappa shape index (κ1) is 17.8. The van der Waals surface area contributed by atoms with E-state index in [1.165, 1.54) is 6.07 Å². The van der Waals surface area contributed by atoms with Crippen molar-refractivity contribution in [2.75, 3.05) is 39.9 Å². The average Bonchev–Trinajstić information content (AvgIpc) is 3.03. The molecule has 3 rings (SSSR count). The van der Waals surface area contributed by atoms with E-state index < -0.39 is 17.0 Å². The van der Waals surface area contributed by atoms with Gasteiger partial charge < -0.3 is 14.5 Å². The molecule has 7 heteroatoms. The van der Waals surface area contributed by atoms with E-state index in [2.05, 4.69) is 0 Å². The highest BCUT2D eigenvalue weighted by Crippen LogP contribution is 2.40. The van der Waals surface area contributed by atoms with Gasteiger partial charge in [0, 0.05) is 38.9 Å². The molecule has 2 heterocycles. The number of carbonyl (C=O) groups excluding carboxylic acids is 2. The minimum absolute atomic E-state index is 0.0661. The SMILES string of the molecule is COCCN1CCCC2(CCN(C(=O)c3ccc(F)c(F)c3)C2)C1=O. The van der Waals surface area contributed by atoms with E-state index in [1.54, 1.807) is 16.9 Å². The molecule has 2 amide bonds. The van der Waals surface area contributed by atoms with Crippen LogP contribution in [0.1, 0.15) is 29.6 Å². The topological polar surface area (TPSA) is 49.9 Å². The van der Waals surface area contributed by atoms with Gasteiger partial charge in [0.05, 0.1) is 12.0 Å². The number of methoxy groups -OCH3 is 1. The lowest BCUT2D eigenvalue weighted by atomic mass is 9.78. The predicted molar refractivity (Wildman–Crippen MR) is 87.0 cm³/mol. The van der Waals surface area contributed by atoms with Gasteiger partial charge in [-0.1, -0.05) is 0 Å². The summed E-state index contributed by atoms with van der Waals surface area (Å²) in [4.78, 5) is 28.8. The van der Waals surface area contributed by atoms with Crippen LogP contribution >= 0.6 is 0 Å². The molecule has 2 aliphatic heterocycles. The Morgan fingerprint density at radius 2 is 2.04 bits per heavy atom. The van der Waals surface area contributed by atoms with Crippen molar-refractivity contribution in [2.24, 2.45) is 5.41 Å². The third kappa shape index (κ3) is 3.38. The predicted octanol–water partition coefficient (Wildman–Crippen LogP) is 2.07. The minimum Gasteiger partial charge on any atom is -0.383 e. The summed E-state index contributed by atoms with van der Waals surface area (Å²) in [5.41, 5.74) is -0.448. The van der Waals surface area contributed by atoms with Gasteiger partial charge in [-0.25, -0.2) is 8.78 Å². The van der Waals surface area contributed by atoms with Gasteiger partial charge in [0.2, 0.25) is 5.91 Å². The maximum atomic E-state index is 13.4. The molecule has 1 spiro atoms. The normalized spacial score (nSPS) is 23.6. The molecular weight excluding hydrogens is 330 g/mol. The van der Waals surface area contributed by atoms with Crippen molar-refractivity contribution in [1.82, 2.24) is 9.80 Å². The number of likely N-dealkylation sites (tertiary alicyclic amines) is 2. The van der Waals surface area contributed by atoms with Gasteiger partial charge in [-0.05, 0) is 37.5 Å². The van der Waals surface area contributed by atoms with Crippen molar-refractivity contribution in [3.8, 4) is 0 Å². The summed E-state index contributed by atoms with van der Waals surface area (Å²) in [5, 5.41) is 0. The Hall–Kier alpha value is -2.02. The van der Waals surface area contributed by atoms with Gasteiger partial charge in [0.1, 0.15) is 0 Å². The fourth-order valence-corrected chi connectivity index (χ4v) is 3.80. The van der Waals surface area contributed by atoms with E-state index in [0.29, 0.717) is 39.2 Å². The van der Waals surface area contributed by atoms with E-state index in [1.807, 2.05) is 0 Å². The fourth-order valence-electron chi connectivity index (χ4n) is 3.80. The van der Waals surface area contributed by atoms with Gasteiger partial charge in [0.15, 0.2) is 11.6 Å². The first-order valence-electron chi connectivity index (χ1n) is 8.49. The second kappa shape index (κ2) is 7.07. The van der Waals surface area contributed by atoms with Crippen LogP contribution in [0.3, 0.4) is 0 Å². The Bertz CT molecular complexity index is 682. The van der Waals surface area contributed by atoms with Crippen LogP contribution in [-0.4, -0.2) is 61.5 Å². The quantitative estimate of drug-likeness (QED) is 0.834. The fraction of sp³-hybridized carbons (Fsp3) is 0.556. The summed E-state index contributed by atoms with van der Waals surface area (Å²) in [7, 11) is 1.60. The Morgan fingerprint density at radius 1 is 1.24 bits per heavy atom. The zero-order valence-corrected chi connectivity index (χ0v) is 14.3. The van der Waals surface area contributed by atoms with Crippen LogP contribution in [0.25, 0.3) is 0 Å². The van der Waals surface area contributed by atoms with Gasteiger partial charge in [0.25, 0.3) is 5.91 Å². The first-order valence-corrected chi connectivity index (χ1v) is 8.49. The maximum Gasteiger partial charge on any atom is 0.253 e. The van der Waals surface area contributed by atoms with E-state index in [9.17, 15) is 18.4 Å². The molecule has 0 bridgehead atoms. The minimum atomic E-state index is -1.04. The molecule has 0 radical (unpaired) electrons. The van der Waals surface area contributed by atoms with E-state index in [4.69, 9.17) is 4.74 Å². The Morgan fingerprint density at radius 3 is 2.76 bits per heavy atom. The number of rotatable bonds is 4. The monoisotopic (exact) mass is 352 g/mol. The molecule has 1 aromatic rings. The number of halogens is 2. The van der Waals surface area contributed by atoms with Crippen molar-refractivity contribution < 1.29 is 23.1 Å². The number of piperidine rings is 1. The molecule has 1 aromatic carbocycles. The number of carbonyl (C=O) groups is 2. The molecule has 2 aliphatic rings. The zero-order valence-electron chi connectivity index (χ0n) is 14.3. The average molecular weight is 352 g/mol. The number of nitrogens with zero attached hydrogens (tertiary/aromatic N) is 2. The van der Waals surface area contributed by atoms with Crippen molar-refractivity contribution in [1.29, 1.82) is 0 Å². The number of benzene rings is 1. The van der Waals surface area contributed by atoms with E-state index >= 15 is 0 Å². The first-order chi connectivity index (χ1) is 12.0. The second-order valence-electron chi connectivity index (χ2n) is 6.77. The summed E-state index contributed by atoms with van der Waals surface area (Å²) >= 11 is 0. The lowest BCUT2D eigenvalue weighted by Gasteiger charge is -2.39. The van der Waals surface area contributed by atoms with Crippen LogP contribution in [0.15, 0.2) is 18.2 Å². The molecule has 2 fully saturated rings. The second-order valence-corrected chi connectivity index (χ2v) is 6.77. The van der Waals surface area contributed by atoms with Crippen molar-refractivity contribution >= 4 is 11.8 Å². The lowest BCUT2D eigenvalue weighted by Crippen LogP contribution is -2.51. The summed E-state index contributed by atoms with van der Waals surface area (Å²) in [6, 6.07) is 3.14. The van der Waals surface area contributed by atoms with Crippen molar-refractivity contribution in [2.45, 2.75) is 19.3 Å². The standard InChI is InChI=1S/C18H22F2N2O3/c1-25-10-9-21-7-2-5-18(17(21)24)6-8-22(12-18)16(23)13-3-4-14(19)15(20)11-13/h3-4,11H,2,5-10,12H2,1H3. The van der Waals surface area contributed by atoms with E-state index in [0.717, 1.165) is 25.0 Å². The number of hydrogen-bond donors (Lipinski definition) is 0. The summed E-state index contributed by atoms with van der Waals surface area (Å²) in [6.07, 6.45) is 2.24. The van der Waals surface area contributed by atoms with Crippen LogP contribution in [-0.2, 0) is 9.53 Å². The van der Waals surface area contributed by atoms with Crippen molar-refractivity contribution in [3.63, 3.8) is 0 Å². The molecule has 1 unspecified atom stereocenters. The van der Waals surface area contributed by atoms with Crippen LogP contribution in [0.4, 0.5) is 8.78 Å². The molecule has 0 saturated carbocycles. The van der Waals surface area contributed by atoms with Gasteiger partial charge in [-0.15, -0.1) is 0 Å². The highest BCUT2D eigenvalue weighted by atomic mass is 19.2. The Balaban J connectivity index is 1.72. The third-order valence-electron chi connectivity index (χ3n) is 5.20.